The van der Waals surface area contributed by atoms with Crippen LogP contribution in [0.3, 0.4) is 0 Å². The van der Waals surface area contributed by atoms with E-state index >= 15 is 0 Å². The number of likely N-dealkylation sites (N-methyl/N-ethyl adjacent to an activating group) is 1. The van der Waals surface area contributed by atoms with Gasteiger partial charge in [-0.15, -0.1) is 0 Å². The fraction of sp³-hybridized carbons (Fsp3) is 0.364. The van der Waals surface area contributed by atoms with Crippen LogP contribution >= 0.6 is 0 Å². The topological polar surface area (TPSA) is 47.8 Å². The van der Waals surface area contributed by atoms with Gasteiger partial charge in [-0.3, -0.25) is 0 Å². The molecule has 1 aromatic rings. The molecule has 0 saturated heterocycles. The smallest absolute Gasteiger partial charge is 0.147 e. The summed E-state index contributed by atoms with van der Waals surface area (Å²) in [6.07, 6.45) is 0. The van der Waals surface area contributed by atoms with Gasteiger partial charge in [0.15, 0.2) is 0 Å². The highest BCUT2D eigenvalue weighted by atomic mass is 19.1. The van der Waals surface area contributed by atoms with Crippen LogP contribution < -0.4 is 10.6 Å². The van der Waals surface area contributed by atoms with Gasteiger partial charge < -0.3 is 10.6 Å². The highest BCUT2D eigenvalue weighted by Crippen LogP contribution is 2.14. The first kappa shape index (κ1) is 11.5. The zero-order chi connectivity index (χ0) is 11.3. The van der Waals surface area contributed by atoms with Crippen LogP contribution in [0.2, 0.25) is 0 Å². The van der Waals surface area contributed by atoms with E-state index in [2.05, 4.69) is 10.6 Å². The molecule has 0 spiro atoms. The van der Waals surface area contributed by atoms with E-state index in [9.17, 15) is 4.39 Å². The van der Waals surface area contributed by atoms with Crippen LogP contribution in [0.1, 0.15) is 12.5 Å². The molecule has 4 heteroatoms. The molecule has 0 aliphatic heterocycles. The lowest BCUT2D eigenvalue weighted by atomic mass is 10.2. The molecule has 0 aromatic heterocycles. The molecule has 0 aliphatic carbocycles. The van der Waals surface area contributed by atoms with Crippen LogP contribution in [0.4, 0.5) is 10.1 Å². The van der Waals surface area contributed by atoms with Crippen molar-refractivity contribution in [2.45, 2.75) is 13.0 Å². The molecule has 0 heterocycles. The molecule has 0 aliphatic rings. The number of nitriles is 1. The molecule has 80 valence electrons. The van der Waals surface area contributed by atoms with Gasteiger partial charge in [0.05, 0.1) is 17.3 Å². The average molecular weight is 207 g/mol. The molecule has 0 radical (unpaired) electrons. The van der Waals surface area contributed by atoms with Crippen LogP contribution in [0.15, 0.2) is 18.2 Å². The number of anilines is 1. The summed E-state index contributed by atoms with van der Waals surface area (Å²) in [6, 6.07) is 6.56. The van der Waals surface area contributed by atoms with Crippen LogP contribution in [-0.4, -0.2) is 19.6 Å². The van der Waals surface area contributed by atoms with Crippen molar-refractivity contribution in [3.05, 3.63) is 29.6 Å². The summed E-state index contributed by atoms with van der Waals surface area (Å²) in [6.45, 7) is 2.63. The fourth-order valence-electron chi connectivity index (χ4n) is 1.09. The minimum Gasteiger partial charge on any atom is -0.381 e. The van der Waals surface area contributed by atoms with Crippen LogP contribution in [0.5, 0.6) is 0 Å². The van der Waals surface area contributed by atoms with Gasteiger partial charge >= 0.3 is 0 Å². The second-order valence-corrected chi connectivity index (χ2v) is 3.38. The summed E-state index contributed by atoms with van der Waals surface area (Å²) in [4.78, 5) is 0. The highest BCUT2D eigenvalue weighted by Gasteiger charge is 2.04. The van der Waals surface area contributed by atoms with Gasteiger partial charge in [-0.05, 0) is 32.2 Å². The maximum absolute atomic E-state index is 13.4. The summed E-state index contributed by atoms with van der Waals surface area (Å²) in [7, 11) is 1.85. The van der Waals surface area contributed by atoms with Crippen molar-refractivity contribution in [1.29, 1.82) is 5.26 Å². The average Bonchev–Trinajstić information content (AvgIpc) is 2.26. The standard InChI is InChI=1S/C11H14FN3/c1-8(14-2)7-15-11-4-3-9(6-13)5-10(11)12/h3-5,8,14-15H,7H2,1-2H3. The molecule has 1 unspecified atom stereocenters. The molecule has 1 aromatic carbocycles. The number of benzene rings is 1. The van der Waals surface area contributed by atoms with E-state index in [0.29, 0.717) is 17.8 Å². The van der Waals surface area contributed by atoms with Crippen molar-refractivity contribution in [3.8, 4) is 6.07 Å². The first-order chi connectivity index (χ1) is 7.17. The van der Waals surface area contributed by atoms with Crippen molar-refractivity contribution in [2.75, 3.05) is 18.9 Å². The Kier molecular flexibility index (Phi) is 4.07. The third-order valence-corrected chi connectivity index (χ3v) is 2.19. The Hall–Kier alpha value is -1.60. The Labute approximate surface area is 88.9 Å². The van der Waals surface area contributed by atoms with Crippen molar-refractivity contribution < 1.29 is 4.39 Å². The fourth-order valence-corrected chi connectivity index (χ4v) is 1.09. The summed E-state index contributed by atoms with van der Waals surface area (Å²) < 4.78 is 13.4. The van der Waals surface area contributed by atoms with Gasteiger partial charge in [0.25, 0.3) is 0 Å². The Morgan fingerprint density at radius 2 is 2.27 bits per heavy atom. The Morgan fingerprint density at radius 3 is 2.80 bits per heavy atom. The summed E-state index contributed by atoms with van der Waals surface area (Å²) >= 11 is 0. The van der Waals surface area contributed by atoms with Gasteiger partial charge in [0, 0.05) is 12.6 Å². The number of rotatable bonds is 4. The Bertz CT molecular complexity index is 371. The summed E-state index contributed by atoms with van der Waals surface area (Å²) in [5.74, 6) is -0.391. The van der Waals surface area contributed by atoms with E-state index in [-0.39, 0.29) is 6.04 Å². The number of hydrogen-bond acceptors (Lipinski definition) is 3. The van der Waals surface area contributed by atoms with E-state index in [1.54, 1.807) is 12.1 Å². The normalized spacial score (nSPS) is 11.9. The third-order valence-electron chi connectivity index (χ3n) is 2.19. The molecular weight excluding hydrogens is 193 g/mol. The van der Waals surface area contributed by atoms with Crippen molar-refractivity contribution in [3.63, 3.8) is 0 Å². The van der Waals surface area contributed by atoms with Crippen LogP contribution in [-0.2, 0) is 0 Å². The second-order valence-electron chi connectivity index (χ2n) is 3.38. The predicted molar refractivity (Wildman–Crippen MR) is 58.1 cm³/mol. The van der Waals surface area contributed by atoms with Gasteiger partial charge in [-0.25, -0.2) is 4.39 Å². The van der Waals surface area contributed by atoms with Gasteiger partial charge in [0.2, 0.25) is 0 Å². The number of nitrogens with zero attached hydrogens (tertiary/aromatic N) is 1. The number of hydrogen-bond donors (Lipinski definition) is 2. The Balaban J connectivity index is 2.67. The van der Waals surface area contributed by atoms with Gasteiger partial charge in [-0.2, -0.15) is 5.26 Å². The lowest BCUT2D eigenvalue weighted by molar-refractivity contribution is 0.615. The molecule has 0 amide bonds. The van der Waals surface area contributed by atoms with Crippen LogP contribution in [0, 0.1) is 17.1 Å². The largest absolute Gasteiger partial charge is 0.381 e. The summed E-state index contributed by atoms with van der Waals surface area (Å²) in [5.41, 5.74) is 0.760. The van der Waals surface area contributed by atoms with Gasteiger partial charge in [-0.1, -0.05) is 0 Å². The first-order valence-corrected chi connectivity index (χ1v) is 4.78. The molecule has 0 fully saturated rings. The molecule has 0 bridgehead atoms. The minimum absolute atomic E-state index is 0.264. The maximum Gasteiger partial charge on any atom is 0.147 e. The molecule has 0 saturated carbocycles. The molecule has 15 heavy (non-hydrogen) atoms. The minimum atomic E-state index is -0.391. The Morgan fingerprint density at radius 1 is 1.53 bits per heavy atom. The van der Waals surface area contributed by atoms with E-state index in [0.717, 1.165) is 0 Å². The monoisotopic (exact) mass is 207 g/mol. The quantitative estimate of drug-likeness (QED) is 0.790. The zero-order valence-corrected chi connectivity index (χ0v) is 8.84. The van der Waals surface area contributed by atoms with E-state index in [4.69, 9.17) is 5.26 Å². The second kappa shape index (κ2) is 5.32. The van der Waals surface area contributed by atoms with Gasteiger partial charge in [0.1, 0.15) is 5.82 Å². The molecule has 1 rings (SSSR count). The first-order valence-electron chi connectivity index (χ1n) is 4.78. The number of nitrogens with one attached hydrogen (secondary N) is 2. The maximum atomic E-state index is 13.4. The third kappa shape index (κ3) is 3.22. The van der Waals surface area contributed by atoms with E-state index in [1.165, 1.54) is 6.07 Å². The lowest BCUT2D eigenvalue weighted by Crippen LogP contribution is -2.29. The van der Waals surface area contributed by atoms with Crippen molar-refractivity contribution >= 4 is 5.69 Å². The lowest BCUT2D eigenvalue weighted by Gasteiger charge is -2.12. The summed E-state index contributed by atoms with van der Waals surface area (Å²) in [5, 5.41) is 14.6. The molecular formula is C11H14FN3. The molecule has 1 atom stereocenters. The van der Waals surface area contributed by atoms with Crippen LogP contribution in [0.25, 0.3) is 0 Å². The van der Waals surface area contributed by atoms with E-state index < -0.39 is 5.82 Å². The molecule has 2 N–H and O–H groups in total. The highest BCUT2D eigenvalue weighted by molar-refractivity contribution is 5.48. The predicted octanol–water partition coefficient (Wildman–Crippen LogP) is 1.72. The zero-order valence-electron chi connectivity index (χ0n) is 8.84. The molecule has 3 nitrogen and oxygen atoms in total. The number of halogens is 1. The van der Waals surface area contributed by atoms with E-state index in [1.807, 2.05) is 20.0 Å². The van der Waals surface area contributed by atoms with Crippen molar-refractivity contribution in [1.82, 2.24) is 5.32 Å². The SMILES string of the molecule is CNC(C)CNc1ccc(C#N)cc1F. The van der Waals surface area contributed by atoms with Crippen molar-refractivity contribution in [2.24, 2.45) is 0 Å².